The van der Waals surface area contributed by atoms with Crippen LogP contribution >= 0.6 is 7.82 Å². The number of allylic oxidation sites excluding steroid dienone is 4. The first-order chi connectivity index (χ1) is 26.1. The molecule has 0 radical (unpaired) electrons. The summed E-state index contributed by atoms with van der Waals surface area (Å²) >= 11 is 0. The molecule has 0 rings (SSSR count). The van der Waals surface area contributed by atoms with Gasteiger partial charge >= 0.3 is 25.7 Å². The molecular formula is C42H78NO10P. The number of esters is 2. The Bertz CT molecular complexity index is 1020. The molecule has 0 fully saturated rings. The minimum atomic E-state index is -4.71. The van der Waals surface area contributed by atoms with Crippen molar-refractivity contribution in [3.63, 3.8) is 0 Å². The van der Waals surface area contributed by atoms with E-state index < -0.39 is 51.1 Å². The average Bonchev–Trinajstić information content (AvgIpc) is 3.14. The van der Waals surface area contributed by atoms with Crippen LogP contribution in [0.15, 0.2) is 24.3 Å². The van der Waals surface area contributed by atoms with Crippen molar-refractivity contribution in [2.45, 2.75) is 206 Å². The first-order valence-corrected chi connectivity index (χ1v) is 22.9. The highest BCUT2D eigenvalue weighted by Crippen LogP contribution is 2.43. The average molecular weight is 788 g/mol. The van der Waals surface area contributed by atoms with Gasteiger partial charge in [0.25, 0.3) is 0 Å². The van der Waals surface area contributed by atoms with Crippen molar-refractivity contribution in [2.75, 3.05) is 19.8 Å². The van der Waals surface area contributed by atoms with Crippen LogP contribution in [0.5, 0.6) is 0 Å². The summed E-state index contributed by atoms with van der Waals surface area (Å²) in [5, 5.41) is 8.88. The molecule has 0 saturated heterocycles. The number of rotatable bonds is 40. The van der Waals surface area contributed by atoms with Crippen molar-refractivity contribution in [3.8, 4) is 0 Å². The number of hydrogen-bond acceptors (Lipinski definition) is 9. The molecule has 0 spiro atoms. The van der Waals surface area contributed by atoms with Gasteiger partial charge in [-0.05, 0) is 38.5 Å². The second-order valence-electron chi connectivity index (χ2n) is 14.5. The van der Waals surface area contributed by atoms with E-state index in [9.17, 15) is 23.8 Å². The zero-order valence-corrected chi connectivity index (χ0v) is 35.0. The molecule has 0 aromatic heterocycles. The summed E-state index contributed by atoms with van der Waals surface area (Å²) in [5.41, 5.74) is 5.33. The monoisotopic (exact) mass is 788 g/mol. The highest BCUT2D eigenvalue weighted by molar-refractivity contribution is 7.47. The van der Waals surface area contributed by atoms with Crippen LogP contribution in [-0.2, 0) is 37.5 Å². The smallest absolute Gasteiger partial charge is 0.472 e. The summed E-state index contributed by atoms with van der Waals surface area (Å²) in [4.78, 5) is 45.9. The fourth-order valence-corrected chi connectivity index (χ4v) is 6.57. The third kappa shape index (κ3) is 36.9. The first kappa shape index (κ1) is 52.0. The van der Waals surface area contributed by atoms with Crippen LogP contribution in [0.2, 0.25) is 0 Å². The number of unbranched alkanes of at least 4 members (excludes halogenated alkanes) is 22. The van der Waals surface area contributed by atoms with Gasteiger partial charge in [0.1, 0.15) is 12.6 Å². The Morgan fingerprint density at radius 3 is 1.50 bits per heavy atom. The molecule has 4 N–H and O–H groups in total. The number of ether oxygens (including phenoxy) is 2. The number of carboxylic acid groups (broad SMARTS) is 1. The SMILES string of the molecule is CCCC/C=C/C/C=C/CCCCCCCC(=O)OC[C@H](COP(=O)(O)OC[C@H](N)C(=O)O)OC(=O)CCCCCCCCCCCCCCCCCC. The molecule has 316 valence electrons. The molecule has 0 amide bonds. The molecule has 0 aliphatic carbocycles. The van der Waals surface area contributed by atoms with Gasteiger partial charge in [0.2, 0.25) is 0 Å². The van der Waals surface area contributed by atoms with Gasteiger partial charge in [0.05, 0.1) is 13.2 Å². The van der Waals surface area contributed by atoms with Crippen molar-refractivity contribution < 1.29 is 47.5 Å². The Balaban J connectivity index is 4.37. The zero-order valence-electron chi connectivity index (χ0n) is 34.1. The lowest BCUT2D eigenvalue weighted by Gasteiger charge is -2.20. The number of nitrogens with two attached hydrogens (primary N) is 1. The summed E-state index contributed by atoms with van der Waals surface area (Å²) < 4.78 is 32.7. The van der Waals surface area contributed by atoms with Gasteiger partial charge in [-0.2, -0.15) is 0 Å². The van der Waals surface area contributed by atoms with E-state index in [4.69, 9.17) is 24.8 Å². The number of hydrogen-bond donors (Lipinski definition) is 3. The van der Waals surface area contributed by atoms with Gasteiger partial charge in [-0.25, -0.2) is 4.57 Å². The highest BCUT2D eigenvalue weighted by Gasteiger charge is 2.28. The third-order valence-corrected chi connectivity index (χ3v) is 10.2. The maximum atomic E-state index is 12.6. The fourth-order valence-electron chi connectivity index (χ4n) is 5.79. The fraction of sp³-hybridized carbons (Fsp3) is 0.833. The maximum absolute atomic E-state index is 12.6. The van der Waals surface area contributed by atoms with Crippen LogP contribution in [0.25, 0.3) is 0 Å². The van der Waals surface area contributed by atoms with E-state index in [0.717, 1.165) is 64.2 Å². The third-order valence-electron chi connectivity index (χ3n) is 9.20. The van der Waals surface area contributed by atoms with Crippen LogP contribution < -0.4 is 5.73 Å². The Kier molecular flexibility index (Phi) is 36.4. The molecule has 0 saturated carbocycles. The Morgan fingerprint density at radius 2 is 1.00 bits per heavy atom. The summed E-state index contributed by atoms with van der Waals surface area (Å²) in [7, 11) is -4.71. The van der Waals surface area contributed by atoms with E-state index in [1.807, 2.05) is 0 Å². The van der Waals surface area contributed by atoms with Gasteiger partial charge in [-0.1, -0.05) is 167 Å². The standard InChI is InChI=1S/C42H78NO10P/c1-3-5-7-9-11-13-15-17-19-20-22-24-26-28-30-32-34-41(45)53-38(36-51-54(48,49)52-37-39(43)42(46)47)35-50-40(44)33-31-29-27-25-23-21-18-16-14-12-10-8-6-4-2/h10,12,16,18,38-39H,3-9,11,13-15,17,19-37,43H2,1-2H3,(H,46,47)(H,48,49)/b12-10+,18-16+/t38-,39+/m1/s1. The van der Waals surface area contributed by atoms with E-state index >= 15 is 0 Å². The van der Waals surface area contributed by atoms with E-state index in [2.05, 4.69) is 42.7 Å². The lowest BCUT2D eigenvalue weighted by atomic mass is 10.0. The molecule has 0 heterocycles. The number of carbonyl (C=O) groups is 3. The normalized spacial score (nSPS) is 14.0. The van der Waals surface area contributed by atoms with Gasteiger partial charge in [0.15, 0.2) is 6.10 Å². The van der Waals surface area contributed by atoms with E-state index in [1.54, 1.807) is 0 Å². The molecule has 54 heavy (non-hydrogen) atoms. The molecular weight excluding hydrogens is 709 g/mol. The van der Waals surface area contributed by atoms with Gasteiger partial charge in [-0.3, -0.25) is 23.4 Å². The van der Waals surface area contributed by atoms with Crippen molar-refractivity contribution >= 4 is 25.7 Å². The number of carboxylic acids is 1. The molecule has 11 nitrogen and oxygen atoms in total. The van der Waals surface area contributed by atoms with Gasteiger partial charge < -0.3 is 25.2 Å². The number of phosphoric ester groups is 1. The van der Waals surface area contributed by atoms with E-state index in [-0.39, 0.29) is 19.4 Å². The second kappa shape index (κ2) is 37.9. The molecule has 1 unspecified atom stereocenters. The maximum Gasteiger partial charge on any atom is 0.472 e. The molecule has 0 aliphatic heterocycles. The molecule has 3 atom stereocenters. The molecule has 12 heteroatoms. The minimum Gasteiger partial charge on any atom is -0.480 e. The largest absolute Gasteiger partial charge is 0.480 e. The Labute approximate surface area is 328 Å². The zero-order chi connectivity index (χ0) is 40.0. The summed E-state index contributed by atoms with van der Waals surface area (Å²) in [6.07, 6.45) is 38.1. The van der Waals surface area contributed by atoms with E-state index in [1.165, 1.54) is 89.9 Å². The van der Waals surface area contributed by atoms with Crippen molar-refractivity contribution in [1.29, 1.82) is 0 Å². The van der Waals surface area contributed by atoms with Crippen LogP contribution in [0.4, 0.5) is 0 Å². The van der Waals surface area contributed by atoms with Crippen LogP contribution in [0.1, 0.15) is 194 Å². The molecule has 0 aromatic rings. The predicted octanol–water partition coefficient (Wildman–Crippen LogP) is 11.1. The number of carbonyl (C=O) groups excluding carboxylic acids is 2. The quantitative estimate of drug-likeness (QED) is 0.0233. The van der Waals surface area contributed by atoms with Crippen molar-refractivity contribution in [1.82, 2.24) is 0 Å². The lowest BCUT2D eigenvalue weighted by molar-refractivity contribution is -0.161. The van der Waals surface area contributed by atoms with Crippen molar-refractivity contribution in [2.24, 2.45) is 5.73 Å². The topological polar surface area (TPSA) is 172 Å². The van der Waals surface area contributed by atoms with Crippen molar-refractivity contribution in [3.05, 3.63) is 24.3 Å². The van der Waals surface area contributed by atoms with Gasteiger partial charge in [-0.15, -0.1) is 0 Å². The highest BCUT2D eigenvalue weighted by atomic mass is 31.2. The summed E-state index contributed by atoms with van der Waals surface area (Å²) in [6, 6.07) is -1.52. The van der Waals surface area contributed by atoms with Gasteiger partial charge in [0, 0.05) is 12.8 Å². The number of aliphatic carboxylic acids is 1. The Morgan fingerprint density at radius 1 is 0.574 bits per heavy atom. The number of phosphoric acid groups is 1. The molecule has 0 bridgehead atoms. The lowest BCUT2D eigenvalue weighted by Crippen LogP contribution is -2.34. The van der Waals surface area contributed by atoms with Crippen LogP contribution in [-0.4, -0.2) is 59.9 Å². The second-order valence-corrected chi connectivity index (χ2v) is 15.9. The first-order valence-electron chi connectivity index (χ1n) is 21.4. The van der Waals surface area contributed by atoms with E-state index in [0.29, 0.717) is 12.8 Å². The molecule has 0 aromatic carbocycles. The van der Waals surface area contributed by atoms with Crippen LogP contribution in [0, 0.1) is 0 Å². The summed E-state index contributed by atoms with van der Waals surface area (Å²) in [5.74, 6) is -2.39. The Hall–Kier alpha value is -2.04. The summed E-state index contributed by atoms with van der Waals surface area (Å²) in [6.45, 7) is 2.76. The molecule has 0 aliphatic rings. The van der Waals surface area contributed by atoms with Crippen LogP contribution in [0.3, 0.4) is 0 Å². The predicted molar refractivity (Wildman–Crippen MR) is 217 cm³/mol. The minimum absolute atomic E-state index is 0.162.